The van der Waals surface area contributed by atoms with Crippen molar-refractivity contribution in [2.24, 2.45) is 0 Å². The van der Waals surface area contributed by atoms with E-state index < -0.39 is 0 Å². The molecule has 0 aliphatic rings. The van der Waals surface area contributed by atoms with Crippen molar-refractivity contribution in [2.75, 3.05) is 7.11 Å². The SMILES string of the molecule is CCc1ncnc2c1nnn2-c1ccc(OC)cc1. The number of aryl methyl sites for hydroxylation is 1. The summed E-state index contributed by atoms with van der Waals surface area (Å²) < 4.78 is 6.84. The topological polar surface area (TPSA) is 65.7 Å². The average Bonchev–Trinajstić information content (AvgIpc) is 2.91. The van der Waals surface area contributed by atoms with Crippen LogP contribution in [0.4, 0.5) is 0 Å². The molecule has 0 bridgehead atoms. The van der Waals surface area contributed by atoms with Crippen molar-refractivity contribution >= 4 is 11.2 Å². The number of methoxy groups -OCH3 is 1. The first kappa shape index (κ1) is 11.6. The Morgan fingerprint density at radius 3 is 2.63 bits per heavy atom. The number of fused-ring (bicyclic) bond motifs is 1. The Hall–Kier alpha value is -2.50. The van der Waals surface area contributed by atoms with Crippen LogP contribution in [-0.4, -0.2) is 32.1 Å². The van der Waals surface area contributed by atoms with Crippen molar-refractivity contribution in [1.82, 2.24) is 25.0 Å². The van der Waals surface area contributed by atoms with E-state index >= 15 is 0 Å². The molecular formula is C13H13N5O. The molecule has 6 nitrogen and oxygen atoms in total. The summed E-state index contributed by atoms with van der Waals surface area (Å²) in [6.07, 6.45) is 2.35. The molecule has 0 atom stereocenters. The third-order valence-corrected chi connectivity index (χ3v) is 2.97. The van der Waals surface area contributed by atoms with Gasteiger partial charge in [0.25, 0.3) is 0 Å². The average molecular weight is 255 g/mol. The van der Waals surface area contributed by atoms with Gasteiger partial charge in [0.15, 0.2) is 11.2 Å². The zero-order chi connectivity index (χ0) is 13.2. The first-order chi connectivity index (χ1) is 9.33. The van der Waals surface area contributed by atoms with Crippen LogP contribution < -0.4 is 4.74 Å². The maximum absolute atomic E-state index is 5.14. The number of nitrogens with zero attached hydrogens (tertiary/aromatic N) is 5. The largest absolute Gasteiger partial charge is 0.497 e. The van der Waals surface area contributed by atoms with Gasteiger partial charge in [-0.15, -0.1) is 5.10 Å². The standard InChI is InChI=1S/C13H13N5O/c1-3-11-12-13(15-8-14-11)18(17-16-12)9-4-6-10(19-2)7-5-9/h4-8H,3H2,1-2H3. The van der Waals surface area contributed by atoms with E-state index in [0.29, 0.717) is 0 Å². The fourth-order valence-electron chi connectivity index (χ4n) is 1.95. The molecular weight excluding hydrogens is 242 g/mol. The van der Waals surface area contributed by atoms with E-state index in [2.05, 4.69) is 20.3 Å². The van der Waals surface area contributed by atoms with Crippen LogP contribution in [0.1, 0.15) is 12.6 Å². The Morgan fingerprint density at radius 2 is 1.95 bits per heavy atom. The normalized spacial score (nSPS) is 10.8. The highest BCUT2D eigenvalue weighted by Crippen LogP contribution is 2.18. The third-order valence-electron chi connectivity index (χ3n) is 2.97. The van der Waals surface area contributed by atoms with Gasteiger partial charge in [-0.1, -0.05) is 12.1 Å². The van der Waals surface area contributed by atoms with E-state index in [-0.39, 0.29) is 0 Å². The molecule has 0 aliphatic carbocycles. The molecule has 0 saturated heterocycles. The van der Waals surface area contributed by atoms with Crippen molar-refractivity contribution in [2.45, 2.75) is 13.3 Å². The van der Waals surface area contributed by atoms with E-state index in [1.165, 1.54) is 0 Å². The van der Waals surface area contributed by atoms with Gasteiger partial charge in [0.1, 0.15) is 12.1 Å². The smallest absolute Gasteiger partial charge is 0.187 e. The lowest BCUT2D eigenvalue weighted by Crippen LogP contribution is -1.98. The fourth-order valence-corrected chi connectivity index (χ4v) is 1.95. The Bertz CT molecular complexity index is 705. The van der Waals surface area contributed by atoms with Crippen molar-refractivity contribution in [3.05, 3.63) is 36.3 Å². The molecule has 0 fully saturated rings. The van der Waals surface area contributed by atoms with Crippen LogP contribution in [0, 0.1) is 0 Å². The summed E-state index contributed by atoms with van der Waals surface area (Å²) in [5, 5.41) is 8.32. The molecule has 96 valence electrons. The Labute approximate surface area is 110 Å². The number of rotatable bonds is 3. The van der Waals surface area contributed by atoms with Crippen LogP contribution in [0.15, 0.2) is 30.6 Å². The minimum atomic E-state index is 0.719. The van der Waals surface area contributed by atoms with Gasteiger partial charge in [0.05, 0.1) is 18.5 Å². The summed E-state index contributed by atoms with van der Waals surface area (Å²) in [4.78, 5) is 8.48. The van der Waals surface area contributed by atoms with E-state index in [4.69, 9.17) is 4.74 Å². The predicted octanol–water partition coefficient (Wildman–Crippen LogP) is 1.78. The van der Waals surface area contributed by atoms with Crippen LogP contribution >= 0.6 is 0 Å². The second-order valence-electron chi connectivity index (χ2n) is 4.05. The molecule has 0 radical (unpaired) electrons. The summed E-state index contributed by atoms with van der Waals surface area (Å²) in [6.45, 7) is 2.04. The molecule has 0 aliphatic heterocycles. The summed E-state index contributed by atoms with van der Waals surface area (Å²) in [5.41, 5.74) is 3.27. The van der Waals surface area contributed by atoms with Crippen molar-refractivity contribution in [1.29, 1.82) is 0 Å². The molecule has 0 unspecified atom stereocenters. The highest BCUT2D eigenvalue weighted by atomic mass is 16.5. The second kappa shape index (κ2) is 4.64. The molecule has 19 heavy (non-hydrogen) atoms. The third kappa shape index (κ3) is 1.91. The minimum Gasteiger partial charge on any atom is -0.497 e. The number of hydrogen-bond donors (Lipinski definition) is 0. The molecule has 6 heteroatoms. The molecule has 2 heterocycles. The quantitative estimate of drug-likeness (QED) is 0.713. The lowest BCUT2D eigenvalue weighted by molar-refractivity contribution is 0.414. The lowest BCUT2D eigenvalue weighted by Gasteiger charge is -2.03. The lowest BCUT2D eigenvalue weighted by atomic mass is 10.3. The van der Waals surface area contributed by atoms with Crippen molar-refractivity contribution < 1.29 is 4.74 Å². The molecule has 0 N–H and O–H groups in total. The van der Waals surface area contributed by atoms with Gasteiger partial charge in [0, 0.05) is 0 Å². The van der Waals surface area contributed by atoms with E-state index in [9.17, 15) is 0 Å². The van der Waals surface area contributed by atoms with Gasteiger partial charge in [-0.05, 0) is 30.7 Å². The zero-order valence-electron chi connectivity index (χ0n) is 10.7. The van der Waals surface area contributed by atoms with Gasteiger partial charge < -0.3 is 4.74 Å². The maximum atomic E-state index is 5.14. The Balaban J connectivity index is 2.14. The van der Waals surface area contributed by atoms with Gasteiger partial charge in [-0.3, -0.25) is 0 Å². The Morgan fingerprint density at radius 1 is 1.16 bits per heavy atom. The minimum absolute atomic E-state index is 0.719. The predicted molar refractivity (Wildman–Crippen MR) is 70.4 cm³/mol. The number of aromatic nitrogens is 5. The van der Waals surface area contributed by atoms with Crippen LogP contribution in [0.2, 0.25) is 0 Å². The summed E-state index contributed by atoms with van der Waals surface area (Å²) >= 11 is 0. The maximum Gasteiger partial charge on any atom is 0.187 e. The number of hydrogen-bond acceptors (Lipinski definition) is 5. The van der Waals surface area contributed by atoms with E-state index in [0.717, 1.165) is 34.7 Å². The van der Waals surface area contributed by atoms with Gasteiger partial charge in [0.2, 0.25) is 0 Å². The summed E-state index contributed by atoms with van der Waals surface area (Å²) in [7, 11) is 1.64. The zero-order valence-corrected chi connectivity index (χ0v) is 10.7. The first-order valence-electron chi connectivity index (χ1n) is 6.03. The molecule has 3 rings (SSSR count). The number of benzene rings is 1. The molecule has 0 amide bonds. The van der Waals surface area contributed by atoms with E-state index in [1.807, 2.05) is 31.2 Å². The highest BCUT2D eigenvalue weighted by molar-refractivity contribution is 5.73. The molecule has 2 aromatic heterocycles. The van der Waals surface area contributed by atoms with Gasteiger partial charge >= 0.3 is 0 Å². The fraction of sp³-hybridized carbons (Fsp3) is 0.231. The number of ether oxygens (including phenoxy) is 1. The van der Waals surface area contributed by atoms with Crippen LogP contribution in [-0.2, 0) is 6.42 Å². The molecule has 0 spiro atoms. The second-order valence-corrected chi connectivity index (χ2v) is 4.05. The van der Waals surface area contributed by atoms with Crippen LogP contribution in [0.3, 0.4) is 0 Å². The van der Waals surface area contributed by atoms with Crippen molar-refractivity contribution in [3.8, 4) is 11.4 Å². The van der Waals surface area contributed by atoms with Gasteiger partial charge in [-0.2, -0.15) is 4.68 Å². The molecule has 0 saturated carbocycles. The monoisotopic (exact) mass is 255 g/mol. The van der Waals surface area contributed by atoms with Crippen LogP contribution in [0.5, 0.6) is 5.75 Å². The highest BCUT2D eigenvalue weighted by Gasteiger charge is 2.11. The molecule has 1 aromatic carbocycles. The summed E-state index contributed by atoms with van der Waals surface area (Å²) in [6, 6.07) is 7.59. The van der Waals surface area contributed by atoms with Crippen LogP contribution in [0.25, 0.3) is 16.9 Å². The molecule has 3 aromatic rings. The summed E-state index contributed by atoms with van der Waals surface area (Å²) in [5.74, 6) is 0.803. The van der Waals surface area contributed by atoms with E-state index in [1.54, 1.807) is 18.1 Å². The van der Waals surface area contributed by atoms with Crippen molar-refractivity contribution in [3.63, 3.8) is 0 Å². The Kier molecular flexibility index (Phi) is 2.83. The first-order valence-corrected chi connectivity index (χ1v) is 6.03. The van der Waals surface area contributed by atoms with Gasteiger partial charge in [-0.25, -0.2) is 9.97 Å².